The molecule has 0 unspecified atom stereocenters. The predicted molar refractivity (Wildman–Crippen MR) is 137 cm³/mol. The van der Waals surface area contributed by atoms with E-state index in [0.29, 0.717) is 11.3 Å². The van der Waals surface area contributed by atoms with Gasteiger partial charge in [-0.25, -0.2) is 4.79 Å². The van der Waals surface area contributed by atoms with Crippen LogP contribution in [0.25, 0.3) is 0 Å². The Bertz CT molecular complexity index is 1010. The Morgan fingerprint density at radius 2 is 1.57 bits per heavy atom. The van der Waals surface area contributed by atoms with Gasteiger partial charge in [-0.2, -0.15) is 0 Å². The van der Waals surface area contributed by atoms with E-state index < -0.39 is 59.1 Å². The highest BCUT2D eigenvalue weighted by atomic mass is 16.6. The zero-order chi connectivity index (χ0) is 28.1. The second-order valence-electron chi connectivity index (χ2n) is 10.9. The number of nitrogens with one attached hydrogen (secondary N) is 3. The van der Waals surface area contributed by atoms with E-state index in [2.05, 4.69) is 16.0 Å². The number of hydrogen-bond acceptors (Lipinski definition) is 7. The van der Waals surface area contributed by atoms with Crippen LogP contribution < -0.4 is 20.7 Å². The Hall–Kier alpha value is -3.43. The molecule has 1 aliphatic heterocycles. The maximum absolute atomic E-state index is 13.2. The summed E-state index contributed by atoms with van der Waals surface area (Å²) in [5.41, 5.74) is -0.101. The summed E-state index contributed by atoms with van der Waals surface area (Å²) in [5.74, 6) is -3.87. The molecule has 10 heteroatoms. The summed E-state index contributed by atoms with van der Waals surface area (Å²) in [7, 11) is 0. The molecule has 1 aromatic carbocycles. The lowest BCUT2D eigenvalue weighted by Gasteiger charge is -2.27. The molecule has 3 N–H and O–H groups in total. The SMILES string of the molecule is CC(C)Oc1ccc([C@H](CC(=O)N[C@H](C(=O)[C@@H]2C(=O)NC(=O)[C@H]2C)C(C)C)NC(=O)OC(C)(C)C)cc1. The summed E-state index contributed by atoms with van der Waals surface area (Å²) < 4.78 is 11.0. The van der Waals surface area contributed by atoms with Gasteiger partial charge in [0, 0.05) is 0 Å². The normalized spacial score (nSPS) is 19.3. The van der Waals surface area contributed by atoms with Crippen molar-refractivity contribution in [2.45, 2.75) is 85.6 Å². The van der Waals surface area contributed by atoms with Crippen LogP contribution in [0.3, 0.4) is 0 Å². The highest BCUT2D eigenvalue weighted by molar-refractivity contribution is 6.16. The maximum atomic E-state index is 13.2. The fraction of sp³-hybridized carbons (Fsp3) is 0.593. The van der Waals surface area contributed by atoms with Crippen LogP contribution >= 0.6 is 0 Å². The van der Waals surface area contributed by atoms with Crippen molar-refractivity contribution >= 4 is 29.6 Å². The molecule has 10 nitrogen and oxygen atoms in total. The van der Waals surface area contributed by atoms with Gasteiger partial charge < -0.3 is 20.1 Å². The zero-order valence-electron chi connectivity index (χ0n) is 22.8. The van der Waals surface area contributed by atoms with Crippen LogP contribution in [0.15, 0.2) is 24.3 Å². The van der Waals surface area contributed by atoms with E-state index in [-0.39, 0.29) is 18.4 Å². The van der Waals surface area contributed by atoms with E-state index in [0.717, 1.165) is 0 Å². The van der Waals surface area contributed by atoms with Crippen LogP contribution in [0.1, 0.15) is 73.4 Å². The van der Waals surface area contributed by atoms with Gasteiger partial charge in [0.2, 0.25) is 17.7 Å². The number of amides is 4. The molecule has 1 aliphatic rings. The number of rotatable bonds is 10. The lowest BCUT2D eigenvalue weighted by atomic mass is 9.85. The number of ketones is 1. The second kappa shape index (κ2) is 12.2. The second-order valence-corrected chi connectivity index (χ2v) is 10.9. The molecule has 0 saturated carbocycles. The minimum absolute atomic E-state index is 0.0159. The summed E-state index contributed by atoms with van der Waals surface area (Å²) in [4.78, 5) is 62.9. The van der Waals surface area contributed by atoms with Crippen molar-refractivity contribution in [1.29, 1.82) is 0 Å². The maximum Gasteiger partial charge on any atom is 0.408 e. The number of imide groups is 1. The number of hydrogen-bond donors (Lipinski definition) is 3. The Balaban J connectivity index is 2.22. The number of carbonyl (C=O) groups excluding carboxylic acids is 5. The van der Waals surface area contributed by atoms with Gasteiger partial charge in [-0.1, -0.05) is 32.9 Å². The molecule has 0 aromatic heterocycles. The molecule has 1 heterocycles. The Kier molecular flexibility index (Phi) is 9.83. The minimum atomic E-state index is -1.16. The fourth-order valence-electron chi connectivity index (χ4n) is 4.00. The van der Waals surface area contributed by atoms with E-state index in [9.17, 15) is 24.0 Å². The first-order valence-corrected chi connectivity index (χ1v) is 12.5. The average Bonchev–Trinajstić information content (AvgIpc) is 3.01. The van der Waals surface area contributed by atoms with E-state index in [4.69, 9.17) is 9.47 Å². The molecule has 1 fully saturated rings. The number of carbonyl (C=O) groups is 5. The average molecular weight is 518 g/mol. The highest BCUT2D eigenvalue weighted by Crippen LogP contribution is 2.25. The summed E-state index contributed by atoms with van der Waals surface area (Å²) in [6.07, 6.45) is -0.900. The molecule has 2 rings (SSSR count). The van der Waals surface area contributed by atoms with Gasteiger partial charge in [-0.3, -0.25) is 24.5 Å². The predicted octanol–water partition coefficient (Wildman–Crippen LogP) is 3.05. The Morgan fingerprint density at radius 3 is 2.03 bits per heavy atom. The summed E-state index contributed by atoms with van der Waals surface area (Å²) in [6.45, 7) is 14.0. The van der Waals surface area contributed by atoms with E-state index in [1.165, 1.54) is 6.92 Å². The van der Waals surface area contributed by atoms with Gasteiger partial charge in [-0.15, -0.1) is 0 Å². The van der Waals surface area contributed by atoms with Gasteiger partial charge in [-0.05, 0) is 58.2 Å². The fourth-order valence-corrected chi connectivity index (χ4v) is 4.00. The Morgan fingerprint density at radius 1 is 0.973 bits per heavy atom. The van der Waals surface area contributed by atoms with Crippen molar-refractivity contribution in [2.75, 3.05) is 0 Å². The van der Waals surface area contributed by atoms with Crippen LogP contribution in [0, 0.1) is 17.8 Å². The van der Waals surface area contributed by atoms with Crippen molar-refractivity contribution in [1.82, 2.24) is 16.0 Å². The van der Waals surface area contributed by atoms with Crippen LogP contribution in [-0.2, 0) is 23.9 Å². The lowest BCUT2D eigenvalue weighted by Crippen LogP contribution is -2.49. The first-order valence-electron chi connectivity index (χ1n) is 12.5. The quantitative estimate of drug-likeness (QED) is 0.320. The molecule has 1 saturated heterocycles. The van der Waals surface area contributed by atoms with Crippen molar-refractivity contribution in [2.24, 2.45) is 17.8 Å². The smallest absolute Gasteiger partial charge is 0.408 e. The van der Waals surface area contributed by atoms with Crippen LogP contribution in [0.5, 0.6) is 5.75 Å². The van der Waals surface area contributed by atoms with Crippen molar-refractivity contribution in [3.63, 3.8) is 0 Å². The van der Waals surface area contributed by atoms with Gasteiger partial charge in [0.1, 0.15) is 17.3 Å². The molecule has 0 radical (unpaired) electrons. The topological polar surface area (TPSA) is 140 Å². The van der Waals surface area contributed by atoms with E-state index in [1.807, 2.05) is 13.8 Å². The molecule has 204 valence electrons. The molecule has 0 bridgehead atoms. The van der Waals surface area contributed by atoms with Crippen LogP contribution in [-0.4, -0.2) is 47.3 Å². The number of ether oxygens (including phenoxy) is 2. The monoisotopic (exact) mass is 517 g/mol. The number of Topliss-reactive ketones (excluding diaryl/α,β-unsaturated/α-hetero) is 1. The third kappa shape index (κ3) is 8.58. The third-order valence-corrected chi connectivity index (χ3v) is 5.77. The largest absolute Gasteiger partial charge is 0.491 e. The number of benzene rings is 1. The van der Waals surface area contributed by atoms with Crippen LogP contribution in [0.2, 0.25) is 0 Å². The third-order valence-electron chi connectivity index (χ3n) is 5.77. The van der Waals surface area contributed by atoms with Gasteiger partial charge in [0.15, 0.2) is 5.78 Å². The first kappa shape index (κ1) is 29.8. The molecule has 4 atom stereocenters. The molecule has 37 heavy (non-hydrogen) atoms. The minimum Gasteiger partial charge on any atom is -0.491 e. The first-order chi connectivity index (χ1) is 17.1. The molecule has 1 aromatic rings. The molecule has 4 amide bonds. The van der Waals surface area contributed by atoms with Gasteiger partial charge in [0.05, 0.1) is 30.5 Å². The number of alkyl carbamates (subject to hydrolysis) is 1. The molecule has 0 aliphatic carbocycles. The highest BCUT2D eigenvalue weighted by Gasteiger charge is 2.46. The van der Waals surface area contributed by atoms with E-state index in [1.54, 1.807) is 58.9 Å². The molecular weight excluding hydrogens is 478 g/mol. The van der Waals surface area contributed by atoms with E-state index >= 15 is 0 Å². The summed E-state index contributed by atoms with van der Waals surface area (Å²) in [6, 6.07) is 5.23. The summed E-state index contributed by atoms with van der Waals surface area (Å²) >= 11 is 0. The van der Waals surface area contributed by atoms with Crippen LogP contribution in [0.4, 0.5) is 4.79 Å². The van der Waals surface area contributed by atoms with Crippen molar-refractivity contribution in [3.8, 4) is 5.75 Å². The van der Waals surface area contributed by atoms with Crippen molar-refractivity contribution in [3.05, 3.63) is 29.8 Å². The molecular formula is C27H39N3O7. The van der Waals surface area contributed by atoms with Crippen molar-refractivity contribution < 1.29 is 33.4 Å². The summed E-state index contributed by atoms with van der Waals surface area (Å²) in [5, 5.41) is 7.61. The Labute approximate surface area is 218 Å². The molecule has 0 spiro atoms. The van der Waals surface area contributed by atoms with Gasteiger partial charge >= 0.3 is 6.09 Å². The standard InChI is InChI=1S/C27H39N3O7/c1-14(2)22(23(32)21-16(5)24(33)30-25(21)34)29-20(31)13-19(28-26(35)37-27(6,7)8)17-9-11-18(12-10-17)36-15(3)4/h9-12,14-16,19,21-22H,13H2,1-8H3,(H,28,35)(H,29,31)(H,30,33,34)/t16-,19-,21+,22-/m0/s1. The van der Waals surface area contributed by atoms with Gasteiger partial charge in [0.25, 0.3) is 0 Å². The zero-order valence-corrected chi connectivity index (χ0v) is 22.8. The lowest BCUT2D eigenvalue weighted by molar-refractivity contribution is -0.137.